The Morgan fingerprint density at radius 3 is 2.55 bits per heavy atom. The molecular weight excluding hydrogens is 455 g/mol. The van der Waals surface area contributed by atoms with E-state index in [1.165, 1.54) is 17.7 Å². The molecule has 0 radical (unpaired) electrons. The lowest BCUT2D eigenvalue weighted by atomic mass is 9.92. The van der Waals surface area contributed by atoms with Crippen molar-refractivity contribution >= 4 is 50.7 Å². The van der Waals surface area contributed by atoms with Crippen LogP contribution in [0.3, 0.4) is 0 Å². The highest BCUT2D eigenvalue weighted by atomic mass is 32.2. The third-order valence-corrected chi connectivity index (χ3v) is 7.76. The van der Waals surface area contributed by atoms with Gasteiger partial charge in [-0.15, -0.1) is 11.3 Å². The number of thioether (sulfide) groups is 1. The molecule has 0 aliphatic rings. The molecule has 0 fully saturated rings. The van der Waals surface area contributed by atoms with Crippen LogP contribution in [0.4, 0.5) is 10.1 Å². The lowest BCUT2D eigenvalue weighted by Crippen LogP contribution is -2.13. The average Bonchev–Trinajstić information content (AvgIpc) is 3.15. The molecule has 1 N–H and O–H groups in total. The van der Waals surface area contributed by atoms with Crippen LogP contribution < -0.4 is 5.32 Å². The summed E-state index contributed by atoms with van der Waals surface area (Å²) >= 11 is 3.17. The number of thiazole rings is 1. The van der Waals surface area contributed by atoms with Crippen molar-refractivity contribution in [3.63, 3.8) is 0 Å². The van der Waals surface area contributed by atoms with Crippen molar-refractivity contribution in [1.29, 1.82) is 0 Å². The molecule has 1 aromatic heterocycles. The predicted octanol–water partition coefficient (Wildman–Crippen LogP) is 7.11. The summed E-state index contributed by atoms with van der Waals surface area (Å²) < 4.78 is 15.7. The zero-order valence-electron chi connectivity index (χ0n) is 18.8. The van der Waals surface area contributed by atoms with Crippen molar-refractivity contribution in [3.8, 4) is 0 Å². The SMILES string of the molecule is CC(=O)c1c(C)cc(C)c(CSc2nc3ccc(NC(=O)c4ccccc4F)cc3s2)c1C. The minimum Gasteiger partial charge on any atom is -0.322 e. The van der Waals surface area contributed by atoms with E-state index >= 15 is 0 Å². The molecule has 33 heavy (non-hydrogen) atoms. The molecule has 4 aromatic rings. The van der Waals surface area contributed by atoms with Crippen LogP contribution in [0.25, 0.3) is 10.2 Å². The van der Waals surface area contributed by atoms with E-state index < -0.39 is 11.7 Å². The number of carbonyl (C=O) groups is 2. The number of amides is 1. The fraction of sp³-hybridized carbons (Fsp3) is 0.192. The highest BCUT2D eigenvalue weighted by Crippen LogP contribution is 2.35. The number of benzene rings is 3. The number of fused-ring (bicyclic) bond motifs is 1. The van der Waals surface area contributed by atoms with Gasteiger partial charge in [0.15, 0.2) is 10.1 Å². The van der Waals surface area contributed by atoms with Gasteiger partial charge >= 0.3 is 0 Å². The third kappa shape index (κ3) is 4.84. The number of carbonyl (C=O) groups excluding carboxylic acids is 2. The van der Waals surface area contributed by atoms with E-state index in [1.807, 2.05) is 26.0 Å². The first-order valence-electron chi connectivity index (χ1n) is 10.4. The van der Waals surface area contributed by atoms with Crippen LogP contribution in [0.2, 0.25) is 0 Å². The Bertz CT molecular complexity index is 1390. The predicted molar refractivity (Wildman–Crippen MR) is 134 cm³/mol. The summed E-state index contributed by atoms with van der Waals surface area (Å²) in [5.41, 5.74) is 6.61. The van der Waals surface area contributed by atoms with Gasteiger partial charge in [0.2, 0.25) is 0 Å². The Balaban J connectivity index is 1.53. The fourth-order valence-corrected chi connectivity index (χ4v) is 6.30. The lowest BCUT2D eigenvalue weighted by Gasteiger charge is -2.15. The molecule has 7 heteroatoms. The number of aryl methyl sites for hydroxylation is 2. The number of hydrogen-bond acceptors (Lipinski definition) is 5. The number of aromatic nitrogens is 1. The number of Topliss-reactive ketones (excluding diaryl/α,β-unsaturated/α-hetero) is 1. The summed E-state index contributed by atoms with van der Waals surface area (Å²) in [5.74, 6) is -0.240. The van der Waals surface area contributed by atoms with E-state index in [0.29, 0.717) is 5.69 Å². The van der Waals surface area contributed by atoms with Gasteiger partial charge < -0.3 is 5.32 Å². The van der Waals surface area contributed by atoms with E-state index in [-0.39, 0.29) is 11.3 Å². The summed E-state index contributed by atoms with van der Waals surface area (Å²) in [6, 6.07) is 13.4. The Morgan fingerprint density at radius 2 is 1.82 bits per heavy atom. The number of hydrogen-bond donors (Lipinski definition) is 1. The molecule has 0 aliphatic carbocycles. The van der Waals surface area contributed by atoms with E-state index in [9.17, 15) is 14.0 Å². The summed E-state index contributed by atoms with van der Waals surface area (Å²) in [5, 5.41) is 2.76. The molecule has 0 saturated heterocycles. The van der Waals surface area contributed by atoms with Crippen molar-refractivity contribution in [2.24, 2.45) is 0 Å². The fourth-order valence-electron chi connectivity index (χ4n) is 4.01. The molecular formula is C26H23FN2O2S2. The quantitative estimate of drug-likeness (QED) is 0.237. The van der Waals surface area contributed by atoms with Gasteiger partial charge in [-0.25, -0.2) is 9.37 Å². The largest absolute Gasteiger partial charge is 0.322 e. The van der Waals surface area contributed by atoms with Gasteiger partial charge in [-0.05, 0) is 80.3 Å². The van der Waals surface area contributed by atoms with Crippen molar-refractivity contribution in [3.05, 3.63) is 87.7 Å². The van der Waals surface area contributed by atoms with Gasteiger partial charge in [0.25, 0.3) is 5.91 Å². The van der Waals surface area contributed by atoms with Gasteiger partial charge in [-0.1, -0.05) is 30.0 Å². The maximum Gasteiger partial charge on any atom is 0.258 e. The van der Waals surface area contributed by atoms with E-state index in [4.69, 9.17) is 4.98 Å². The van der Waals surface area contributed by atoms with E-state index in [2.05, 4.69) is 18.3 Å². The van der Waals surface area contributed by atoms with E-state index in [0.717, 1.165) is 42.6 Å². The molecule has 0 spiro atoms. The Labute approximate surface area is 200 Å². The van der Waals surface area contributed by atoms with Gasteiger partial charge in [0, 0.05) is 17.0 Å². The normalized spacial score (nSPS) is 11.1. The molecule has 0 unspecified atom stereocenters. The molecule has 4 nitrogen and oxygen atoms in total. The van der Waals surface area contributed by atoms with Crippen LogP contribution in [0.5, 0.6) is 0 Å². The number of halogens is 1. The van der Waals surface area contributed by atoms with Crippen molar-refractivity contribution < 1.29 is 14.0 Å². The summed E-state index contributed by atoms with van der Waals surface area (Å²) in [7, 11) is 0. The van der Waals surface area contributed by atoms with Crippen LogP contribution in [0, 0.1) is 26.6 Å². The zero-order chi connectivity index (χ0) is 23.7. The Hall–Kier alpha value is -3.03. The van der Waals surface area contributed by atoms with Crippen LogP contribution in [-0.2, 0) is 5.75 Å². The molecule has 1 amide bonds. The van der Waals surface area contributed by atoms with Crippen LogP contribution >= 0.6 is 23.1 Å². The minimum atomic E-state index is -0.554. The zero-order valence-corrected chi connectivity index (χ0v) is 20.4. The molecule has 4 rings (SSSR count). The first-order valence-corrected chi connectivity index (χ1v) is 12.2. The first-order chi connectivity index (χ1) is 15.7. The van der Waals surface area contributed by atoms with Crippen LogP contribution in [0.15, 0.2) is 52.9 Å². The van der Waals surface area contributed by atoms with Crippen molar-refractivity contribution in [1.82, 2.24) is 4.98 Å². The van der Waals surface area contributed by atoms with Gasteiger partial charge in [0.05, 0.1) is 15.8 Å². The van der Waals surface area contributed by atoms with Gasteiger partial charge in [-0.2, -0.15) is 0 Å². The second kappa shape index (κ2) is 9.45. The smallest absolute Gasteiger partial charge is 0.258 e. The number of rotatable bonds is 6. The number of nitrogens with one attached hydrogen (secondary N) is 1. The Kier molecular flexibility index (Phi) is 6.63. The monoisotopic (exact) mass is 478 g/mol. The second-order valence-corrected chi connectivity index (χ2v) is 10.2. The number of anilines is 1. The maximum atomic E-state index is 13.9. The molecule has 3 aromatic carbocycles. The van der Waals surface area contributed by atoms with Crippen LogP contribution in [0.1, 0.15) is 49.9 Å². The Morgan fingerprint density at radius 1 is 1.06 bits per heavy atom. The maximum absolute atomic E-state index is 13.9. The molecule has 0 bridgehead atoms. The lowest BCUT2D eigenvalue weighted by molar-refractivity contribution is 0.101. The third-order valence-electron chi connectivity index (χ3n) is 5.57. The summed E-state index contributed by atoms with van der Waals surface area (Å²) in [6.45, 7) is 7.67. The summed E-state index contributed by atoms with van der Waals surface area (Å²) in [4.78, 5) is 29.2. The second-order valence-electron chi connectivity index (χ2n) is 7.93. The average molecular weight is 479 g/mol. The number of ketones is 1. The van der Waals surface area contributed by atoms with Gasteiger partial charge in [0.1, 0.15) is 5.82 Å². The highest BCUT2D eigenvalue weighted by molar-refractivity contribution is 8.00. The summed E-state index contributed by atoms with van der Waals surface area (Å²) in [6.07, 6.45) is 0. The molecule has 1 heterocycles. The number of nitrogens with zero attached hydrogens (tertiary/aromatic N) is 1. The van der Waals surface area contributed by atoms with E-state index in [1.54, 1.807) is 48.2 Å². The molecule has 0 aliphatic heterocycles. The minimum absolute atomic E-state index is 0.00640. The molecule has 168 valence electrons. The first kappa shape index (κ1) is 23.1. The standard InChI is InChI=1S/C26H23FN2O2S2/c1-14-11-15(2)24(17(4)30)16(3)20(14)13-32-26-29-22-10-9-18(12-23(22)33-26)28-25(31)19-7-5-6-8-21(19)27/h5-12H,13H2,1-4H3,(H,28,31). The topological polar surface area (TPSA) is 59.1 Å². The van der Waals surface area contributed by atoms with Crippen LogP contribution in [-0.4, -0.2) is 16.7 Å². The van der Waals surface area contributed by atoms with Gasteiger partial charge in [-0.3, -0.25) is 9.59 Å². The van der Waals surface area contributed by atoms with Crippen molar-refractivity contribution in [2.45, 2.75) is 37.8 Å². The molecule has 0 saturated carbocycles. The highest BCUT2D eigenvalue weighted by Gasteiger charge is 2.16. The molecule has 0 atom stereocenters. The van der Waals surface area contributed by atoms with Crippen molar-refractivity contribution in [2.75, 3.05) is 5.32 Å².